The van der Waals surface area contributed by atoms with Crippen LogP contribution in [0.2, 0.25) is 0 Å². The molecule has 29 heavy (non-hydrogen) atoms. The van der Waals surface area contributed by atoms with Gasteiger partial charge in [0, 0.05) is 16.5 Å². The van der Waals surface area contributed by atoms with Crippen LogP contribution < -0.4 is 4.74 Å². The summed E-state index contributed by atoms with van der Waals surface area (Å²) >= 11 is 1.47. The fourth-order valence-corrected chi connectivity index (χ4v) is 3.14. The molecule has 0 aliphatic heterocycles. The average molecular weight is 423 g/mol. The highest BCUT2D eigenvalue weighted by atomic mass is 32.2. The van der Waals surface area contributed by atoms with Gasteiger partial charge in [-0.25, -0.2) is 4.79 Å². The zero-order valence-electron chi connectivity index (χ0n) is 15.1. The summed E-state index contributed by atoms with van der Waals surface area (Å²) in [6.45, 7) is 1.45. The molecule has 0 bridgehead atoms. The molecule has 1 unspecified atom stereocenters. The molecule has 3 rings (SSSR count). The van der Waals surface area contributed by atoms with Gasteiger partial charge in [0.25, 0.3) is 0 Å². The lowest BCUT2D eigenvalue weighted by Crippen LogP contribution is -2.22. The molecular formula is C20H16F3NO4S. The number of aliphatic carboxylic acids is 1. The van der Waals surface area contributed by atoms with Gasteiger partial charge in [-0.2, -0.15) is 13.2 Å². The van der Waals surface area contributed by atoms with E-state index in [4.69, 9.17) is 14.4 Å². The molecule has 9 heteroatoms. The molecular weight excluding hydrogens is 407 g/mol. The minimum atomic E-state index is -4.38. The molecule has 0 amide bonds. The van der Waals surface area contributed by atoms with Crippen molar-refractivity contribution in [1.29, 1.82) is 0 Å². The molecule has 2 aromatic carbocycles. The maximum atomic E-state index is 12.6. The average Bonchev–Trinajstić information content (AvgIpc) is 3.16. The van der Waals surface area contributed by atoms with Gasteiger partial charge >= 0.3 is 12.1 Å². The van der Waals surface area contributed by atoms with Gasteiger partial charge in [0.2, 0.25) is 0 Å². The Balaban J connectivity index is 1.58. The third-order valence-electron chi connectivity index (χ3n) is 3.93. The maximum Gasteiger partial charge on any atom is 0.416 e. The molecule has 5 nitrogen and oxygen atoms in total. The van der Waals surface area contributed by atoms with Crippen LogP contribution in [0, 0.1) is 0 Å². The molecule has 0 radical (unpaired) electrons. The van der Waals surface area contributed by atoms with E-state index in [1.54, 1.807) is 30.3 Å². The highest BCUT2D eigenvalue weighted by Crippen LogP contribution is 2.31. The van der Waals surface area contributed by atoms with Gasteiger partial charge in [-0.3, -0.25) is 0 Å². The summed E-state index contributed by atoms with van der Waals surface area (Å²) in [4.78, 5) is 11.7. The molecule has 3 aromatic rings. The number of alkyl halides is 3. The van der Waals surface area contributed by atoms with E-state index in [0.29, 0.717) is 28.5 Å². The Kier molecular flexibility index (Phi) is 6.17. The topological polar surface area (TPSA) is 72.6 Å². The van der Waals surface area contributed by atoms with Gasteiger partial charge in [0.15, 0.2) is 6.10 Å². The number of nitrogens with zero attached hydrogens (tertiary/aromatic N) is 1. The lowest BCUT2D eigenvalue weighted by Gasteiger charge is -2.10. The van der Waals surface area contributed by atoms with Crippen LogP contribution >= 0.6 is 11.8 Å². The van der Waals surface area contributed by atoms with Gasteiger partial charge < -0.3 is 14.4 Å². The molecule has 0 aliphatic rings. The SMILES string of the molecule is CC(Oc1ccc(SCc2cc(-c3ccc(C(F)(F)F)cc3)no2)cc1)C(=O)O. The van der Waals surface area contributed by atoms with Crippen molar-refractivity contribution in [1.82, 2.24) is 5.16 Å². The standard InChI is InChI=1S/C20H16F3NO4S/c1-12(19(25)26)27-15-6-8-17(9-7-15)29-11-16-10-18(24-28-16)13-2-4-14(5-3-13)20(21,22)23/h2-10,12H,11H2,1H3,(H,25,26). The van der Waals surface area contributed by atoms with E-state index in [1.807, 2.05) is 0 Å². The Morgan fingerprint density at radius 3 is 2.41 bits per heavy atom. The van der Waals surface area contributed by atoms with Gasteiger partial charge in [0.1, 0.15) is 17.2 Å². The molecule has 0 aliphatic carbocycles. The Bertz CT molecular complexity index is 969. The summed E-state index contributed by atoms with van der Waals surface area (Å²) in [6, 6.07) is 13.3. The number of hydrogen-bond acceptors (Lipinski definition) is 5. The van der Waals surface area contributed by atoms with Crippen LogP contribution in [0.4, 0.5) is 13.2 Å². The molecule has 0 spiro atoms. The maximum absolute atomic E-state index is 12.6. The Morgan fingerprint density at radius 2 is 1.83 bits per heavy atom. The van der Waals surface area contributed by atoms with Crippen molar-refractivity contribution in [3.63, 3.8) is 0 Å². The second-order valence-corrected chi connectivity index (χ2v) is 7.16. The molecule has 0 fully saturated rings. The van der Waals surface area contributed by atoms with E-state index in [-0.39, 0.29) is 0 Å². The second-order valence-electron chi connectivity index (χ2n) is 6.11. The molecule has 1 atom stereocenters. The number of thioether (sulfide) groups is 1. The smallest absolute Gasteiger partial charge is 0.416 e. The Hall–Kier alpha value is -2.94. The first kappa shape index (κ1) is 20.8. The summed E-state index contributed by atoms with van der Waals surface area (Å²) in [5, 5.41) is 12.8. The van der Waals surface area contributed by atoms with E-state index >= 15 is 0 Å². The molecule has 0 saturated heterocycles. The van der Waals surface area contributed by atoms with Gasteiger partial charge in [0.05, 0.1) is 11.3 Å². The quantitative estimate of drug-likeness (QED) is 0.506. The third kappa shape index (κ3) is 5.54. The van der Waals surface area contributed by atoms with E-state index < -0.39 is 23.8 Å². The lowest BCUT2D eigenvalue weighted by atomic mass is 10.1. The number of rotatable bonds is 7. The molecule has 0 saturated carbocycles. The number of carboxylic acids is 1. The van der Waals surface area contributed by atoms with Crippen molar-refractivity contribution < 1.29 is 32.3 Å². The number of hydrogen-bond donors (Lipinski definition) is 1. The first-order chi connectivity index (χ1) is 13.7. The van der Waals surface area contributed by atoms with Gasteiger partial charge in [-0.05, 0) is 43.3 Å². The second kappa shape index (κ2) is 8.60. The predicted octanol–water partition coefficient (Wildman–Crippen LogP) is 5.50. The lowest BCUT2D eigenvalue weighted by molar-refractivity contribution is -0.144. The number of aromatic nitrogens is 1. The van der Waals surface area contributed by atoms with Crippen molar-refractivity contribution in [3.8, 4) is 17.0 Å². The summed E-state index contributed by atoms with van der Waals surface area (Å²) in [6.07, 6.45) is -5.32. The molecule has 1 N–H and O–H groups in total. The first-order valence-corrected chi connectivity index (χ1v) is 9.46. The number of ether oxygens (including phenoxy) is 1. The largest absolute Gasteiger partial charge is 0.479 e. The monoisotopic (exact) mass is 423 g/mol. The molecule has 1 aromatic heterocycles. The van der Waals surface area contributed by atoms with Crippen LogP contribution in [0.1, 0.15) is 18.2 Å². The third-order valence-corrected chi connectivity index (χ3v) is 4.97. The number of carbonyl (C=O) groups is 1. The van der Waals surface area contributed by atoms with Gasteiger partial charge in [-0.15, -0.1) is 11.8 Å². The summed E-state index contributed by atoms with van der Waals surface area (Å²) in [5.41, 5.74) is 0.276. The highest BCUT2D eigenvalue weighted by molar-refractivity contribution is 7.98. The summed E-state index contributed by atoms with van der Waals surface area (Å²) in [7, 11) is 0. The molecule has 152 valence electrons. The number of halogens is 3. The number of carboxylic acid groups (broad SMARTS) is 1. The van der Waals surface area contributed by atoms with Crippen molar-refractivity contribution in [2.45, 2.75) is 29.9 Å². The summed E-state index contributed by atoms with van der Waals surface area (Å²) < 4.78 is 48.4. The minimum absolute atomic E-state index is 0.452. The Morgan fingerprint density at radius 1 is 1.17 bits per heavy atom. The van der Waals surface area contributed by atoms with Crippen LogP contribution in [-0.2, 0) is 16.7 Å². The van der Waals surface area contributed by atoms with E-state index in [0.717, 1.165) is 17.0 Å². The zero-order chi connectivity index (χ0) is 21.0. The predicted molar refractivity (Wildman–Crippen MR) is 101 cm³/mol. The number of benzene rings is 2. The van der Waals surface area contributed by atoms with Crippen LogP contribution in [0.25, 0.3) is 11.3 Å². The fourth-order valence-electron chi connectivity index (χ4n) is 2.37. The fraction of sp³-hybridized carbons (Fsp3) is 0.200. The van der Waals surface area contributed by atoms with E-state index in [2.05, 4.69) is 5.16 Å². The van der Waals surface area contributed by atoms with E-state index in [1.165, 1.54) is 30.8 Å². The van der Waals surface area contributed by atoms with Crippen LogP contribution in [0.5, 0.6) is 5.75 Å². The van der Waals surface area contributed by atoms with Crippen LogP contribution in [0.3, 0.4) is 0 Å². The minimum Gasteiger partial charge on any atom is -0.479 e. The van der Waals surface area contributed by atoms with Gasteiger partial charge in [-0.1, -0.05) is 17.3 Å². The van der Waals surface area contributed by atoms with Crippen molar-refractivity contribution in [3.05, 3.63) is 65.9 Å². The summed E-state index contributed by atoms with van der Waals surface area (Å²) in [5.74, 6) is 0.454. The first-order valence-electron chi connectivity index (χ1n) is 8.48. The van der Waals surface area contributed by atoms with Crippen LogP contribution in [-0.4, -0.2) is 22.3 Å². The normalized spacial score (nSPS) is 12.6. The van der Waals surface area contributed by atoms with Crippen LogP contribution in [0.15, 0.2) is 64.0 Å². The highest BCUT2D eigenvalue weighted by Gasteiger charge is 2.30. The van der Waals surface area contributed by atoms with Crippen molar-refractivity contribution in [2.75, 3.05) is 0 Å². The van der Waals surface area contributed by atoms with Crippen molar-refractivity contribution >= 4 is 17.7 Å². The Labute approximate surface area is 168 Å². The molecule has 1 heterocycles. The van der Waals surface area contributed by atoms with Crippen molar-refractivity contribution in [2.24, 2.45) is 0 Å². The van der Waals surface area contributed by atoms with E-state index in [9.17, 15) is 18.0 Å². The zero-order valence-corrected chi connectivity index (χ0v) is 16.0.